The van der Waals surface area contributed by atoms with Crippen molar-refractivity contribution >= 4 is 92.4 Å². The highest BCUT2D eigenvalue weighted by molar-refractivity contribution is 7.26. The topological polar surface area (TPSA) is 29.5 Å². The van der Waals surface area contributed by atoms with Crippen molar-refractivity contribution in [3.8, 4) is 33.4 Å². The van der Waals surface area contributed by atoms with E-state index in [1.54, 1.807) is 0 Å². The number of fused-ring (bicyclic) bond motifs is 9. The number of rotatable bonds is 6. The van der Waals surface area contributed by atoms with Gasteiger partial charge in [-0.25, -0.2) is 0 Å². The maximum Gasteiger partial charge on any atom is 0.143 e. The molecule has 0 amide bonds. The Hall–Kier alpha value is -7.40. The van der Waals surface area contributed by atoms with Crippen LogP contribution >= 0.6 is 11.3 Å². The lowest BCUT2D eigenvalue weighted by Gasteiger charge is -2.27. The van der Waals surface area contributed by atoms with Crippen LogP contribution in [0.5, 0.6) is 0 Å². The first-order valence-electron chi connectivity index (χ1n) is 19.6. The van der Waals surface area contributed by atoms with E-state index in [9.17, 15) is 0 Å². The third-order valence-corrected chi connectivity index (χ3v) is 12.7. The summed E-state index contributed by atoms with van der Waals surface area (Å²) in [5.41, 5.74) is 13.7. The number of hydrogen-bond acceptors (Lipinski definition) is 4. The van der Waals surface area contributed by atoms with Gasteiger partial charge < -0.3 is 13.7 Å². The van der Waals surface area contributed by atoms with E-state index in [2.05, 4.69) is 187 Å². The van der Waals surface area contributed by atoms with Crippen LogP contribution in [0.2, 0.25) is 0 Å². The fraction of sp³-hybridized carbons (Fsp3) is 0. The maximum atomic E-state index is 6.51. The van der Waals surface area contributed by atoms with Gasteiger partial charge in [-0.15, -0.1) is 11.3 Å². The minimum atomic E-state index is 0.865. The molecular weight excluding hydrogens is 727 g/mol. The van der Waals surface area contributed by atoms with Crippen LogP contribution in [0.3, 0.4) is 0 Å². The largest absolute Gasteiger partial charge is 0.456 e. The Balaban J connectivity index is 1.03. The highest BCUT2D eigenvalue weighted by atomic mass is 32.1. The summed E-state index contributed by atoms with van der Waals surface area (Å²) in [6, 6.07) is 71.4. The van der Waals surface area contributed by atoms with Crippen molar-refractivity contribution in [3.63, 3.8) is 0 Å². The first-order chi connectivity index (χ1) is 28.7. The number of nitrogens with zero attached hydrogens (tertiary/aromatic N) is 1. The minimum Gasteiger partial charge on any atom is -0.456 e. The van der Waals surface area contributed by atoms with Crippen molar-refractivity contribution in [1.29, 1.82) is 0 Å². The van der Waals surface area contributed by atoms with E-state index in [0.29, 0.717) is 0 Å². The number of hydrogen-bond donors (Lipinski definition) is 0. The lowest BCUT2D eigenvalue weighted by Crippen LogP contribution is -2.10. The highest BCUT2D eigenvalue weighted by Crippen LogP contribution is 2.49. The smallest absolute Gasteiger partial charge is 0.143 e. The summed E-state index contributed by atoms with van der Waals surface area (Å²) in [5.74, 6) is 0. The Morgan fingerprint density at radius 1 is 0.362 bits per heavy atom. The predicted molar refractivity (Wildman–Crippen MR) is 245 cm³/mol. The van der Waals surface area contributed by atoms with Crippen LogP contribution in [0.15, 0.2) is 209 Å². The Labute approximate surface area is 338 Å². The molecule has 0 aliphatic heterocycles. The van der Waals surface area contributed by atoms with E-state index in [1.807, 2.05) is 29.5 Å². The molecule has 0 radical (unpaired) electrons. The molecule has 3 aromatic heterocycles. The van der Waals surface area contributed by atoms with Crippen molar-refractivity contribution in [1.82, 2.24) is 0 Å². The molecule has 0 bridgehead atoms. The van der Waals surface area contributed by atoms with Crippen LogP contribution < -0.4 is 4.90 Å². The Morgan fingerprint density at radius 2 is 1.02 bits per heavy atom. The zero-order valence-corrected chi connectivity index (χ0v) is 32.0. The number of furan rings is 2. The third-order valence-electron chi connectivity index (χ3n) is 11.5. The minimum absolute atomic E-state index is 0.865. The van der Waals surface area contributed by atoms with E-state index >= 15 is 0 Å². The van der Waals surface area contributed by atoms with E-state index in [0.717, 1.165) is 83.2 Å². The van der Waals surface area contributed by atoms with Crippen LogP contribution in [0.4, 0.5) is 17.1 Å². The van der Waals surface area contributed by atoms with Gasteiger partial charge in [0.1, 0.15) is 22.3 Å². The van der Waals surface area contributed by atoms with Crippen LogP contribution in [0, 0.1) is 0 Å². The van der Waals surface area contributed by atoms with Gasteiger partial charge in [-0.2, -0.15) is 0 Å². The average Bonchev–Trinajstić information content (AvgIpc) is 3.99. The zero-order valence-electron chi connectivity index (χ0n) is 31.2. The summed E-state index contributed by atoms with van der Waals surface area (Å²) in [6.45, 7) is 0. The lowest BCUT2D eigenvalue weighted by atomic mass is 9.99. The quantitative estimate of drug-likeness (QED) is 0.169. The van der Waals surface area contributed by atoms with Crippen molar-refractivity contribution < 1.29 is 8.83 Å². The van der Waals surface area contributed by atoms with Crippen LogP contribution in [-0.4, -0.2) is 0 Å². The van der Waals surface area contributed by atoms with Gasteiger partial charge >= 0.3 is 0 Å². The van der Waals surface area contributed by atoms with Crippen molar-refractivity contribution in [2.75, 3.05) is 4.90 Å². The Morgan fingerprint density at radius 3 is 1.84 bits per heavy atom. The number of para-hydroxylation sites is 2. The molecular formula is C54H33NO2S. The molecule has 0 aliphatic rings. The van der Waals surface area contributed by atoms with Gasteiger partial charge in [-0.3, -0.25) is 0 Å². The molecule has 0 saturated carbocycles. The molecule has 0 fully saturated rings. The normalized spacial score (nSPS) is 11.8. The van der Waals surface area contributed by atoms with Gasteiger partial charge in [0.15, 0.2) is 0 Å². The maximum absolute atomic E-state index is 6.51. The summed E-state index contributed by atoms with van der Waals surface area (Å²) < 4.78 is 15.5. The van der Waals surface area contributed by atoms with Gasteiger partial charge in [0.05, 0.1) is 5.69 Å². The molecule has 0 atom stereocenters. The third kappa shape index (κ3) is 5.19. The van der Waals surface area contributed by atoms with E-state index in [4.69, 9.17) is 8.83 Å². The fourth-order valence-corrected chi connectivity index (χ4v) is 10.0. The van der Waals surface area contributed by atoms with E-state index in [-0.39, 0.29) is 0 Å². The molecule has 0 spiro atoms. The second-order valence-electron chi connectivity index (χ2n) is 14.8. The molecule has 12 aromatic rings. The van der Waals surface area contributed by atoms with Crippen molar-refractivity contribution in [3.05, 3.63) is 200 Å². The SMILES string of the molecule is c1ccc(-c2cccc3c2oc2ccc(-c4ccc(N(c5ccc6c(c5)oc5ccccc56)c5ccc(-c6ccccc6)c6sc7ccccc7c56)cc4)cc23)cc1. The molecule has 0 aliphatic carbocycles. The number of thiophene rings is 1. The van der Waals surface area contributed by atoms with E-state index < -0.39 is 0 Å². The fourth-order valence-electron chi connectivity index (χ4n) is 8.75. The van der Waals surface area contributed by atoms with Gasteiger partial charge in [0, 0.05) is 64.7 Å². The summed E-state index contributed by atoms with van der Waals surface area (Å²) in [5, 5.41) is 6.95. The predicted octanol–water partition coefficient (Wildman–Crippen LogP) is 16.3. The monoisotopic (exact) mass is 759 g/mol. The van der Waals surface area contributed by atoms with Crippen LogP contribution in [-0.2, 0) is 0 Å². The van der Waals surface area contributed by atoms with Crippen molar-refractivity contribution in [2.45, 2.75) is 0 Å². The summed E-state index contributed by atoms with van der Waals surface area (Å²) in [6.07, 6.45) is 0. The molecule has 0 saturated heterocycles. The molecule has 12 rings (SSSR count). The lowest BCUT2D eigenvalue weighted by molar-refractivity contribution is 0.669. The highest BCUT2D eigenvalue weighted by Gasteiger charge is 2.22. The van der Waals surface area contributed by atoms with Gasteiger partial charge in [-0.05, 0) is 82.4 Å². The second-order valence-corrected chi connectivity index (χ2v) is 15.9. The molecule has 272 valence electrons. The molecule has 0 unspecified atom stereocenters. The van der Waals surface area contributed by atoms with Crippen molar-refractivity contribution in [2.24, 2.45) is 0 Å². The standard InChI is InChI=1S/C54H33NO2S/c1-3-12-35(13-4-1)40-18-11-19-44-46-32-37(24-31-49(46)57-53(40)44)34-22-25-38(26-23-34)55(39-27-28-43-42-16-7-9-20-48(42)56-50(43)33-39)47-30-29-41(36-14-5-2-6-15-36)54-52(47)45-17-8-10-21-51(45)58-54/h1-33H. The Bertz CT molecular complexity index is 3500. The van der Waals surface area contributed by atoms with Gasteiger partial charge in [-0.1, -0.05) is 140 Å². The second kappa shape index (κ2) is 13.1. The van der Waals surface area contributed by atoms with E-state index in [1.165, 1.54) is 31.3 Å². The van der Waals surface area contributed by atoms with Crippen LogP contribution in [0.1, 0.15) is 0 Å². The van der Waals surface area contributed by atoms with Gasteiger partial charge in [0.2, 0.25) is 0 Å². The summed E-state index contributed by atoms with van der Waals surface area (Å²) >= 11 is 1.86. The molecule has 0 N–H and O–H groups in total. The molecule has 9 aromatic carbocycles. The zero-order chi connectivity index (χ0) is 38.2. The molecule has 3 heterocycles. The first kappa shape index (κ1) is 32.8. The van der Waals surface area contributed by atoms with Gasteiger partial charge in [0.25, 0.3) is 0 Å². The summed E-state index contributed by atoms with van der Waals surface area (Å²) in [4.78, 5) is 2.39. The average molecular weight is 760 g/mol. The molecule has 58 heavy (non-hydrogen) atoms. The molecule has 3 nitrogen and oxygen atoms in total. The summed E-state index contributed by atoms with van der Waals surface area (Å²) in [7, 11) is 0. The molecule has 4 heteroatoms. The van der Waals surface area contributed by atoms with Crippen LogP contribution in [0.25, 0.3) is 97.4 Å². The number of benzene rings is 9. The number of anilines is 3. The first-order valence-corrected chi connectivity index (χ1v) is 20.4. The Kier molecular flexibility index (Phi) is 7.40.